The predicted octanol–water partition coefficient (Wildman–Crippen LogP) is -0.795. The summed E-state index contributed by atoms with van der Waals surface area (Å²) in [6.45, 7) is 4.58. The molecule has 1 aliphatic rings. The zero-order valence-corrected chi connectivity index (χ0v) is 12.3. The molecule has 9 nitrogen and oxygen atoms in total. The molecular formula is C13H19N9. The maximum Gasteiger partial charge on any atom is 0.225 e. The van der Waals surface area contributed by atoms with Crippen molar-refractivity contribution >= 4 is 11.9 Å². The van der Waals surface area contributed by atoms with Crippen LogP contribution in [-0.4, -0.2) is 68.3 Å². The van der Waals surface area contributed by atoms with Gasteiger partial charge in [0.05, 0.1) is 13.1 Å². The van der Waals surface area contributed by atoms with Crippen molar-refractivity contribution in [1.29, 1.82) is 0 Å². The van der Waals surface area contributed by atoms with Crippen LogP contribution in [0.3, 0.4) is 0 Å². The highest BCUT2D eigenvalue weighted by molar-refractivity contribution is 5.78. The molecule has 0 atom stereocenters. The van der Waals surface area contributed by atoms with Gasteiger partial charge in [-0.05, 0) is 6.07 Å². The molecule has 2 aromatic rings. The average molecular weight is 301 g/mol. The highest BCUT2D eigenvalue weighted by Crippen LogP contribution is 2.09. The summed E-state index contributed by atoms with van der Waals surface area (Å²) in [5.41, 5.74) is 6.05. The molecule has 9 heteroatoms. The monoisotopic (exact) mass is 301 g/mol. The molecule has 22 heavy (non-hydrogen) atoms. The van der Waals surface area contributed by atoms with E-state index in [1.807, 2.05) is 6.07 Å². The van der Waals surface area contributed by atoms with E-state index in [1.54, 1.807) is 23.4 Å². The number of nitrogens with two attached hydrogens (primary N) is 1. The van der Waals surface area contributed by atoms with E-state index in [4.69, 9.17) is 5.73 Å². The number of hydrogen-bond acceptors (Lipinski definition) is 6. The van der Waals surface area contributed by atoms with Crippen molar-refractivity contribution in [3.63, 3.8) is 0 Å². The van der Waals surface area contributed by atoms with Crippen molar-refractivity contribution in [3.05, 3.63) is 31.1 Å². The standard InChI is InChI=1S/C13H19N9/c14-12(16-4-5-22-11-15-10-19-22)20-6-8-21(9-7-20)13-17-2-1-3-18-13/h1-3,10-11H,4-9H2,(H2,14,16). The number of anilines is 1. The van der Waals surface area contributed by atoms with Crippen LogP contribution in [0.4, 0.5) is 5.95 Å². The van der Waals surface area contributed by atoms with Gasteiger partial charge in [-0.15, -0.1) is 0 Å². The van der Waals surface area contributed by atoms with Gasteiger partial charge in [0.1, 0.15) is 12.7 Å². The molecular weight excluding hydrogens is 282 g/mol. The summed E-state index contributed by atoms with van der Waals surface area (Å²) < 4.78 is 1.74. The van der Waals surface area contributed by atoms with Gasteiger partial charge in [-0.2, -0.15) is 5.10 Å². The molecule has 0 radical (unpaired) electrons. The highest BCUT2D eigenvalue weighted by atomic mass is 15.4. The summed E-state index contributed by atoms with van der Waals surface area (Å²) in [6, 6.07) is 1.82. The van der Waals surface area contributed by atoms with Crippen molar-refractivity contribution in [2.75, 3.05) is 37.6 Å². The Morgan fingerprint density at radius 1 is 1.18 bits per heavy atom. The van der Waals surface area contributed by atoms with E-state index in [1.165, 1.54) is 6.33 Å². The fourth-order valence-electron chi connectivity index (χ4n) is 2.31. The normalized spacial score (nSPS) is 16.1. The van der Waals surface area contributed by atoms with Gasteiger partial charge in [-0.3, -0.25) is 9.67 Å². The Balaban J connectivity index is 1.48. The maximum absolute atomic E-state index is 6.05. The lowest BCUT2D eigenvalue weighted by atomic mass is 10.3. The van der Waals surface area contributed by atoms with E-state index in [2.05, 4.69) is 34.8 Å². The van der Waals surface area contributed by atoms with Crippen molar-refractivity contribution in [2.45, 2.75) is 6.54 Å². The Hall–Kier alpha value is -2.71. The number of hydrogen-bond donors (Lipinski definition) is 1. The first kappa shape index (κ1) is 14.2. The largest absolute Gasteiger partial charge is 0.370 e. The summed E-state index contributed by atoms with van der Waals surface area (Å²) in [5.74, 6) is 1.34. The zero-order chi connectivity index (χ0) is 15.2. The quantitative estimate of drug-likeness (QED) is 0.583. The first-order chi connectivity index (χ1) is 10.8. The first-order valence-electron chi connectivity index (χ1n) is 7.22. The molecule has 2 N–H and O–H groups in total. The lowest BCUT2D eigenvalue weighted by Crippen LogP contribution is -2.51. The number of aromatic nitrogens is 5. The second kappa shape index (κ2) is 6.83. The van der Waals surface area contributed by atoms with Gasteiger partial charge < -0.3 is 15.5 Å². The molecule has 2 aromatic heterocycles. The smallest absolute Gasteiger partial charge is 0.225 e. The average Bonchev–Trinajstić information content (AvgIpc) is 3.09. The third-order valence-electron chi connectivity index (χ3n) is 3.51. The molecule has 0 bridgehead atoms. The second-order valence-corrected chi connectivity index (χ2v) is 4.92. The Kier molecular flexibility index (Phi) is 4.42. The minimum atomic E-state index is 0.578. The van der Waals surface area contributed by atoms with Crippen LogP contribution >= 0.6 is 0 Å². The summed E-state index contributed by atoms with van der Waals surface area (Å²) in [6.07, 6.45) is 6.70. The molecule has 1 fully saturated rings. The SMILES string of the molecule is NC(=NCCn1cncn1)N1CCN(c2ncccn2)CC1. The molecule has 3 heterocycles. The predicted molar refractivity (Wildman–Crippen MR) is 82.3 cm³/mol. The Labute approximate surface area is 128 Å². The van der Waals surface area contributed by atoms with Gasteiger partial charge in [0.25, 0.3) is 0 Å². The van der Waals surface area contributed by atoms with Gasteiger partial charge in [0.15, 0.2) is 5.96 Å². The highest BCUT2D eigenvalue weighted by Gasteiger charge is 2.19. The van der Waals surface area contributed by atoms with Crippen LogP contribution in [0.15, 0.2) is 36.1 Å². The van der Waals surface area contributed by atoms with Crippen LogP contribution in [-0.2, 0) is 6.54 Å². The fraction of sp³-hybridized carbons (Fsp3) is 0.462. The molecule has 0 amide bonds. The molecule has 0 saturated carbocycles. The van der Waals surface area contributed by atoms with Crippen LogP contribution < -0.4 is 10.6 Å². The topological polar surface area (TPSA) is 101 Å². The van der Waals surface area contributed by atoms with Crippen LogP contribution in [0.5, 0.6) is 0 Å². The lowest BCUT2D eigenvalue weighted by Gasteiger charge is -2.35. The van der Waals surface area contributed by atoms with Gasteiger partial charge in [0, 0.05) is 38.6 Å². The van der Waals surface area contributed by atoms with Crippen LogP contribution in [0.2, 0.25) is 0 Å². The number of piperazine rings is 1. The van der Waals surface area contributed by atoms with Crippen LogP contribution in [0, 0.1) is 0 Å². The second-order valence-electron chi connectivity index (χ2n) is 4.92. The van der Waals surface area contributed by atoms with Crippen molar-refractivity contribution in [1.82, 2.24) is 29.6 Å². The molecule has 116 valence electrons. The molecule has 0 aromatic carbocycles. The van der Waals surface area contributed by atoms with Crippen LogP contribution in [0.25, 0.3) is 0 Å². The van der Waals surface area contributed by atoms with Crippen LogP contribution in [0.1, 0.15) is 0 Å². The van der Waals surface area contributed by atoms with E-state index >= 15 is 0 Å². The maximum atomic E-state index is 6.05. The minimum Gasteiger partial charge on any atom is -0.370 e. The van der Waals surface area contributed by atoms with Gasteiger partial charge in [0.2, 0.25) is 5.95 Å². The molecule has 0 aliphatic carbocycles. The number of nitrogens with zero attached hydrogens (tertiary/aromatic N) is 8. The number of aliphatic imine (C=N–C) groups is 1. The van der Waals surface area contributed by atoms with E-state index < -0.39 is 0 Å². The summed E-state index contributed by atoms with van der Waals surface area (Å²) in [5, 5.41) is 4.03. The van der Waals surface area contributed by atoms with E-state index in [-0.39, 0.29) is 0 Å². The molecule has 0 spiro atoms. The third-order valence-corrected chi connectivity index (χ3v) is 3.51. The number of guanidine groups is 1. The number of rotatable bonds is 4. The lowest BCUT2D eigenvalue weighted by molar-refractivity contribution is 0.377. The summed E-state index contributed by atoms with van der Waals surface area (Å²) in [7, 11) is 0. The van der Waals surface area contributed by atoms with E-state index in [0.717, 1.165) is 32.1 Å². The molecule has 1 aliphatic heterocycles. The zero-order valence-electron chi connectivity index (χ0n) is 12.3. The van der Waals surface area contributed by atoms with Gasteiger partial charge >= 0.3 is 0 Å². The summed E-state index contributed by atoms with van der Waals surface area (Å²) in [4.78, 5) is 21.1. The first-order valence-corrected chi connectivity index (χ1v) is 7.22. The van der Waals surface area contributed by atoms with Gasteiger partial charge in [-0.25, -0.2) is 15.0 Å². The Morgan fingerprint density at radius 2 is 1.95 bits per heavy atom. The van der Waals surface area contributed by atoms with Crippen molar-refractivity contribution < 1.29 is 0 Å². The van der Waals surface area contributed by atoms with Crippen molar-refractivity contribution in [3.8, 4) is 0 Å². The summed E-state index contributed by atoms with van der Waals surface area (Å²) >= 11 is 0. The van der Waals surface area contributed by atoms with E-state index in [0.29, 0.717) is 19.0 Å². The van der Waals surface area contributed by atoms with Gasteiger partial charge in [-0.1, -0.05) is 0 Å². The molecule has 3 rings (SSSR count). The van der Waals surface area contributed by atoms with E-state index in [9.17, 15) is 0 Å². The fourth-order valence-corrected chi connectivity index (χ4v) is 2.31. The Bertz CT molecular complexity index is 587. The third kappa shape index (κ3) is 3.48. The Morgan fingerprint density at radius 3 is 2.64 bits per heavy atom. The minimum absolute atomic E-state index is 0.578. The molecule has 1 saturated heterocycles. The van der Waals surface area contributed by atoms with Crippen molar-refractivity contribution in [2.24, 2.45) is 10.7 Å². The molecule has 0 unspecified atom stereocenters.